The molecule has 2 aromatic rings. The van der Waals surface area contributed by atoms with Crippen molar-refractivity contribution in [1.82, 2.24) is 4.90 Å². The van der Waals surface area contributed by atoms with Gasteiger partial charge in [0.2, 0.25) is 0 Å². The number of aryl methyl sites for hydroxylation is 2. The zero-order chi connectivity index (χ0) is 27.9. The highest BCUT2D eigenvalue weighted by molar-refractivity contribution is 5.85. The number of aliphatic carboxylic acids is 1. The molecule has 0 fully saturated rings. The number of nitrogens with zero attached hydrogens (tertiary/aromatic N) is 1. The van der Waals surface area contributed by atoms with Crippen LogP contribution in [-0.4, -0.2) is 64.6 Å². The minimum Gasteiger partial charge on any atom is -0.493 e. The van der Waals surface area contributed by atoms with E-state index in [1.807, 2.05) is 24.3 Å². The second kappa shape index (κ2) is 14.7. The number of halogens is 1. The van der Waals surface area contributed by atoms with Gasteiger partial charge in [-0.3, -0.25) is 4.79 Å². The lowest BCUT2D eigenvalue weighted by atomic mass is 9.55. The van der Waals surface area contributed by atoms with E-state index in [1.54, 1.807) is 28.4 Å². The molecule has 0 amide bonds. The summed E-state index contributed by atoms with van der Waals surface area (Å²) < 4.78 is 22.0. The van der Waals surface area contributed by atoms with Gasteiger partial charge in [0.1, 0.15) is 0 Å². The van der Waals surface area contributed by atoms with Crippen LogP contribution in [-0.2, 0) is 23.1 Å². The molecule has 0 saturated carbocycles. The Morgan fingerprint density at radius 3 is 2.18 bits per heavy atom. The predicted octanol–water partition coefficient (Wildman–Crippen LogP) is 6.03. The normalized spacial score (nSPS) is 18.3. The van der Waals surface area contributed by atoms with E-state index in [0.717, 1.165) is 62.3 Å². The fraction of sp³-hybridized carbons (Fsp3) is 0.581. The van der Waals surface area contributed by atoms with Crippen molar-refractivity contribution in [2.45, 2.75) is 57.8 Å². The summed E-state index contributed by atoms with van der Waals surface area (Å²) in [5.74, 6) is 2.53. The number of fused-ring (bicyclic) bond motifs is 1. The second-order valence-electron chi connectivity index (χ2n) is 10.8. The number of methoxy groups -OCH3 is 4. The average Bonchev–Trinajstić information content (AvgIpc) is 2.91. The van der Waals surface area contributed by atoms with Crippen LogP contribution < -0.4 is 18.9 Å². The van der Waals surface area contributed by atoms with E-state index in [-0.39, 0.29) is 30.7 Å². The molecule has 0 radical (unpaired) electrons. The largest absolute Gasteiger partial charge is 0.493 e. The second-order valence-corrected chi connectivity index (χ2v) is 10.8. The first-order valence-electron chi connectivity index (χ1n) is 13.6. The molecule has 7 nitrogen and oxygen atoms in total. The summed E-state index contributed by atoms with van der Waals surface area (Å²) >= 11 is 0. The van der Waals surface area contributed by atoms with Gasteiger partial charge in [0.05, 0.1) is 34.9 Å². The van der Waals surface area contributed by atoms with E-state index >= 15 is 0 Å². The van der Waals surface area contributed by atoms with Crippen molar-refractivity contribution in [2.75, 3.05) is 48.6 Å². The number of carboxylic acid groups (broad SMARTS) is 1. The number of carbonyl (C=O) groups is 1. The van der Waals surface area contributed by atoms with E-state index in [2.05, 4.69) is 31.9 Å². The average molecular weight is 564 g/mol. The highest BCUT2D eigenvalue weighted by Crippen LogP contribution is 2.52. The van der Waals surface area contributed by atoms with Crippen molar-refractivity contribution in [3.8, 4) is 23.0 Å². The van der Waals surface area contributed by atoms with Gasteiger partial charge in [0.15, 0.2) is 23.0 Å². The smallest absolute Gasteiger partial charge is 0.304 e. The number of hydrogen-bond donors (Lipinski definition) is 1. The summed E-state index contributed by atoms with van der Waals surface area (Å²) in [5.41, 5.74) is 3.06. The quantitative estimate of drug-likeness (QED) is 0.301. The van der Waals surface area contributed by atoms with Crippen LogP contribution in [0.3, 0.4) is 0 Å². The maximum atomic E-state index is 12.2. The molecule has 0 bridgehead atoms. The van der Waals surface area contributed by atoms with Crippen LogP contribution in [0.2, 0.25) is 0 Å². The summed E-state index contributed by atoms with van der Waals surface area (Å²) in [6.07, 6.45) is 4.93. The first-order valence-corrected chi connectivity index (χ1v) is 13.6. The topological polar surface area (TPSA) is 77.5 Å². The molecule has 3 rings (SSSR count). The van der Waals surface area contributed by atoms with Gasteiger partial charge >= 0.3 is 5.97 Å². The summed E-state index contributed by atoms with van der Waals surface area (Å²) in [6, 6.07) is 10.2. The Hall–Kier alpha value is -2.64. The predicted molar refractivity (Wildman–Crippen MR) is 157 cm³/mol. The molecule has 0 spiro atoms. The van der Waals surface area contributed by atoms with Crippen LogP contribution in [0, 0.1) is 11.8 Å². The zero-order valence-corrected chi connectivity index (χ0v) is 25.4. The third-order valence-electron chi connectivity index (χ3n) is 8.39. The Kier molecular flexibility index (Phi) is 12.2. The van der Waals surface area contributed by atoms with Crippen LogP contribution in [0.15, 0.2) is 30.3 Å². The lowest BCUT2D eigenvalue weighted by Crippen LogP contribution is -2.46. The number of rotatable bonds is 14. The van der Waals surface area contributed by atoms with Crippen molar-refractivity contribution in [2.24, 2.45) is 11.8 Å². The Balaban J connectivity index is 0.00000533. The molecule has 2 atom stereocenters. The molecule has 0 aromatic heterocycles. The fourth-order valence-corrected chi connectivity index (χ4v) is 6.32. The van der Waals surface area contributed by atoms with Crippen LogP contribution >= 0.6 is 12.4 Å². The molecular formula is C31H46ClNO6. The molecule has 2 unspecified atom stereocenters. The molecule has 218 valence electrons. The van der Waals surface area contributed by atoms with Crippen LogP contribution in [0.1, 0.15) is 56.2 Å². The van der Waals surface area contributed by atoms with E-state index in [9.17, 15) is 9.90 Å². The van der Waals surface area contributed by atoms with Crippen LogP contribution in [0.4, 0.5) is 0 Å². The zero-order valence-electron chi connectivity index (χ0n) is 24.5. The van der Waals surface area contributed by atoms with Gasteiger partial charge in [0.25, 0.3) is 0 Å². The van der Waals surface area contributed by atoms with E-state index in [0.29, 0.717) is 11.5 Å². The molecule has 1 aliphatic carbocycles. The minimum absolute atomic E-state index is 0. The number of carboxylic acids is 1. The maximum Gasteiger partial charge on any atom is 0.304 e. The van der Waals surface area contributed by atoms with E-state index < -0.39 is 11.4 Å². The highest BCUT2D eigenvalue weighted by atomic mass is 35.5. The third kappa shape index (κ3) is 7.31. The molecule has 1 N–H and O–H groups in total. The Morgan fingerprint density at radius 2 is 1.59 bits per heavy atom. The minimum atomic E-state index is -0.755. The van der Waals surface area contributed by atoms with Crippen molar-refractivity contribution >= 4 is 18.4 Å². The number of ether oxygens (including phenoxy) is 4. The van der Waals surface area contributed by atoms with Gasteiger partial charge in [-0.05, 0) is 105 Å². The van der Waals surface area contributed by atoms with E-state index in [1.165, 1.54) is 11.1 Å². The summed E-state index contributed by atoms with van der Waals surface area (Å²) in [7, 11) is 8.75. The number of hydrogen-bond acceptors (Lipinski definition) is 6. The fourth-order valence-electron chi connectivity index (χ4n) is 6.32. The Labute approximate surface area is 240 Å². The van der Waals surface area contributed by atoms with Gasteiger partial charge in [-0.15, -0.1) is 12.4 Å². The summed E-state index contributed by atoms with van der Waals surface area (Å²) in [6.45, 7) is 6.22. The van der Waals surface area contributed by atoms with Crippen molar-refractivity contribution in [3.05, 3.63) is 47.0 Å². The van der Waals surface area contributed by atoms with Gasteiger partial charge in [0, 0.05) is 5.41 Å². The lowest BCUT2D eigenvalue weighted by Gasteiger charge is -2.48. The van der Waals surface area contributed by atoms with Gasteiger partial charge in [-0.25, -0.2) is 0 Å². The molecule has 8 heteroatoms. The van der Waals surface area contributed by atoms with Crippen molar-refractivity contribution in [3.63, 3.8) is 0 Å². The molecule has 1 aliphatic rings. The van der Waals surface area contributed by atoms with Crippen molar-refractivity contribution < 1.29 is 28.8 Å². The molecular weight excluding hydrogens is 518 g/mol. The van der Waals surface area contributed by atoms with Gasteiger partial charge in [-0.2, -0.15) is 0 Å². The monoisotopic (exact) mass is 563 g/mol. The highest BCUT2D eigenvalue weighted by Gasteiger charge is 2.48. The molecule has 0 saturated heterocycles. The molecule has 0 heterocycles. The molecule has 2 aromatic carbocycles. The number of benzene rings is 2. The van der Waals surface area contributed by atoms with Gasteiger partial charge < -0.3 is 29.0 Å². The SMILES string of the molecule is COc1ccc(CCCN(C)CCC2CCc3cc(OC)c(OC)cc3C2(CC(=O)O)C(C)C)cc1OC.Cl. The Morgan fingerprint density at radius 1 is 0.974 bits per heavy atom. The first-order chi connectivity index (χ1) is 18.2. The molecule has 39 heavy (non-hydrogen) atoms. The standard InChI is InChI=1S/C31H45NO6.ClH/c1-21(2)31(20-30(33)34)24(12-11-23-18-28(37-6)29(38-7)19-25(23)31)14-16-32(3)15-8-9-22-10-13-26(35-4)27(17-22)36-5;/h10,13,17-19,21,24H,8-9,11-12,14-16,20H2,1-7H3,(H,33,34);1H. The third-order valence-corrected chi connectivity index (χ3v) is 8.39. The Bertz CT molecular complexity index is 1090. The van der Waals surface area contributed by atoms with E-state index in [4.69, 9.17) is 18.9 Å². The van der Waals surface area contributed by atoms with Crippen LogP contribution in [0.25, 0.3) is 0 Å². The maximum absolute atomic E-state index is 12.2. The van der Waals surface area contributed by atoms with Crippen molar-refractivity contribution in [1.29, 1.82) is 0 Å². The summed E-state index contributed by atoms with van der Waals surface area (Å²) in [4.78, 5) is 14.6. The first kappa shape index (κ1) is 32.6. The summed E-state index contributed by atoms with van der Waals surface area (Å²) in [5, 5.41) is 10.0. The van der Waals surface area contributed by atoms with Crippen LogP contribution in [0.5, 0.6) is 23.0 Å². The lowest BCUT2D eigenvalue weighted by molar-refractivity contribution is -0.140. The molecule has 0 aliphatic heterocycles. The van der Waals surface area contributed by atoms with Gasteiger partial charge in [-0.1, -0.05) is 19.9 Å².